The van der Waals surface area contributed by atoms with Crippen molar-refractivity contribution in [2.24, 2.45) is 0 Å². The van der Waals surface area contributed by atoms with E-state index in [2.05, 4.69) is 57.2 Å². The Morgan fingerprint density at radius 3 is 0.704 bits per heavy atom. The maximum absolute atomic E-state index is 13.0. The lowest BCUT2D eigenvalue weighted by Gasteiger charge is -2.18. The average molecular weight is 1140 g/mol. The molecule has 0 N–H and O–H groups in total. The second-order valence-corrected chi connectivity index (χ2v) is 24.9. The largest absolute Gasteiger partial charge is 0.462 e. The van der Waals surface area contributed by atoms with Gasteiger partial charge in [0, 0.05) is 19.3 Å². The van der Waals surface area contributed by atoms with E-state index >= 15 is 0 Å². The van der Waals surface area contributed by atoms with E-state index in [1.807, 2.05) is 0 Å². The van der Waals surface area contributed by atoms with E-state index in [0.29, 0.717) is 19.3 Å². The summed E-state index contributed by atoms with van der Waals surface area (Å²) in [5, 5.41) is 0. The molecule has 0 amide bonds. The van der Waals surface area contributed by atoms with Gasteiger partial charge in [0.05, 0.1) is 0 Å². The standard InChI is InChI=1S/C75H140O6/c1-4-7-10-13-16-19-22-25-28-31-33-35-37-39-40-42-44-47-50-53-56-59-62-65-68-74(77)80-71-72(70-79-73(76)67-64-61-58-55-52-49-46-30-27-24-21-18-15-12-9-6-3)81-75(78)69-66-63-60-57-54-51-48-45-43-41-38-36-34-32-29-26-23-20-17-14-11-8-5-2/h21,24,30,32,34,46,72H,4-20,22-23,25-29,31,33,35-45,47-71H2,1-3H3/b24-21-,34-32-,46-30-. The monoisotopic (exact) mass is 1140 g/mol. The number of allylic oxidation sites excluding steroid dienone is 6. The van der Waals surface area contributed by atoms with Gasteiger partial charge in [-0.15, -0.1) is 0 Å². The van der Waals surface area contributed by atoms with Crippen molar-refractivity contribution >= 4 is 17.9 Å². The van der Waals surface area contributed by atoms with Crippen molar-refractivity contribution in [3.8, 4) is 0 Å². The first kappa shape index (κ1) is 78.6. The van der Waals surface area contributed by atoms with Gasteiger partial charge in [0.25, 0.3) is 0 Å². The predicted octanol–water partition coefficient (Wildman–Crippen LogP) is 25.1. The zero-order valence-electron chi connectivity index (χ0n) is 54.8. The van der Waals surface area contributed by atoms with Crippen molar-refractivity contribution in [2.45, 2.75) is 412 Å². The normalized spacial score (nSPS) is 12.2. The summed E-state index contributed by atoms with van der Waals surface area (Å²) in [5.41, 5.74) is 0. The van der Waals surface area contributed by atoms with Crippen LogP contribution in [0.25, 0.3) is 0 Å². The van der Waals surface area contributed by atoms with Crippen molar-refractivity contribution in [3.05, 3.63) is 36.5 Å². The molecule has 0 saturated carbocycles. The molecule has 1 unspecified atom stereocenters. The van der Waals surface area contributed by atoms with E-state index in [9.17, 15) is 14.4 Å². The molecular weight excluding hydrogens is 997 g/mol. The first-order chi connectivity index (χ1) is 40.0. The third kappa shape index (κ3) is 68.3. The van der Waals surface area contributed by atoms with Crippen molar-refractivity contribution in [2.75, 3.05) is 13.2 Å². The Bertz CT molecular complexity index is 1350. The molecule has 6 heteroatoms. The highest BCUT2D eigenvalue weighted by Crippen LogP contribution is 2.19. The van der Waals surface area contributed by atoms with Crippen LogP contribution >= 0.6 is 0 Å². The van der Waals surface area contributed by atoms with E-state index in [1.54, 1.807) is 0 Å². The molecule has 0 aromatic carbocycles. The number of carbonyl (C=O) groups excluding carboxylic acids is 3. The number of unbranched alkanes of at least 4 members (excludes halogenated alkanes) is 51. The smallest absolute Gasteiger partial charge is 0.306 e. The first-order valence-corrected chi connectivity index (χ1v) is 36.5. The lowest BCUT2D eigenvalue weighted by molar-refractivity contribution is -0.167. The topological polar surface area (TPSA) is 78.9 Å². The Balaban J connectivity index is 4.28. The molecule has 81 heavy (non-hydrogen) atoms. The summed E-state index contributed by atoms with van der Waals surface area (Å²) < 4.78 is 17.0. The number of ether oxygens (including phenoxy) is 3. The number of hydrogen-bond acceptors (Lipinski definition) is 6. The predicted molar refractivity (Wildman–Crippen MR) is 353 cm³/mol. The molecule has 476 valence electrons. The van der Waals surface area contributed by atoms with Crippen LogP contribution in [0.4, 0.5) is 0 Å². The van der Waals surface area contributed by atoms with Gasteiger partial charge in [0.2, 0.25) is 0 Å². The molecule has 0 aromatic heterocycles. The summed E-state index contributed by atoms with van der Waals surface area (Å²) in [6, 6.07) is 0. The Morgan fingerprint density at radius 1 is 0.247 bits per heavy atom. The fourth-order valence-electron chi connectivity index (χ4n) is 11.1. The van der Waals surface area contributed by atoms with E-state index in [-0.39, 0.29) is 31.1 Å². The van der Waals surface area contributed by atoms with E-state index in [4.69, 9.17) is 14.2 Å². The molecule has 0 aliphatic rings. The van der Waals surface area contributed by atoms with Crippen LogP contribution in [0.15, 0.2) is 36.5 Å². The van der Waals surface area contributed by atoms with Crippen LogP contribution in [-0.2, 0) is 28.6 Å². The van der Waals surface area contributed by atoms with Gasteiger partial charge in [-0.3, -0.25) is 14.4 Å². The molecule has 0 spiro atoms. The average Bonchev–Trinajstić information content (AvgIpc) is 3.47. The second-order valence-electron chi connectivity index (χ2n) is 24.9. The Hall–Kier alpha value is -2.37. The van der Waals surface area contributed by atoms with E-state index in [1.165, 1.54) is 289 Å². The highest BCUT2D eigenvalue weighted by molar-refractivity contribution is 5.71. The van der Waals surface area contributed by atoms with Crippen LogP contribution in [0.3, 0.4) is 0 Å². The molecule has 0 radical (unpaired) electrons. The molecule has 6 nitrogen and oxygen atoms in total. The lowest BCUT2D eigenvalue weighted by Crippen LogP contribution is -2.30. The van der Waals surface area contributed by atoms with Gasteiger partial charge in [-0.2, -0.15) is 0 Å². The minimum absolute atomic E-state index is 0.0719. The number of carbonyl (C=O) groups is 3. The minimum Gasteiger partial charge on any atom is -0.462 e. The fraction of sp³-hybridized carbons (Fsp3) is 0.880. The van der Waals surface area contributed by atoms with Gasteiger partial charge in [0.15, 0.2) is 6.10 Å². The van der Waals surface area contributed by atoms with Gasteiger partial charge in [-0.25, -0.2) is 0 Å². The van der Waals surface area contributed by atoms with Gasteiger partial charge in [0.1, 0.15) is 13.2 Å². The number of hydrogen-bond donors (Lipinski definition) is 0. The number of rotatable bonds is 68. The SMILES string of the molecule is CCCCCC/C=C\C/C=C\CCCCCCCC(=O)OCC(COC(=O)CCCCCCCCCCCCCCCCCCCCCCCCCC)OC(=O)CCCCCCCCCCCCC/C=C\CCCCCCCCCC. The molecule has 0 saturated heterocycles. The lowest BCUT2D eigenvalue weighted by atomic mass is 10.0. The van der Waals surface area contributed by atoms with Crippen LogP contribution < -0.4 is 0 Å². The Morgan fingerprint density at radius 2 is 0.444 bits per heavy atom. The maximum atomic E-state index is 13.0. The molecule has 0 bridgehead atoms. The summed E-state index contributed by atoms with van der Waals surface area (Å²) in [7, 11) is 0. The maximum Gasteiger partial charge on any atom is 0.306 e. The van der Waals surface area contributed by atoms with E-state index in [0.717, 1.165) is 77.0 Å². The summed E-state index contributed by atoms with van der Waals surface area (Å²) in [6.07, 6.45) is 87.5. The first-order valence-electron chi connectivity index (χ1n) is 36.5. The number of esters is 3. The molecule has 0 rings (SSSR count). The van der Waals surface area contributed by atoms with Crippen LogP contribution in [0.1, 0.15) is 406 Å². The van der Waals surface area contributed by atoms with Crippen molar-refractivity contribution in [1.29, 1.82) is 0 Å². The molecular formula is C75H140O6. The third-order valence-corrected chi connectivity index (χ3v) is 16.6. The van der Waals surface area contributed by atoms with Gasteiger partial charge >= 0.3 is 17.9 Å². The zero-order chi connectivity index (χ0) is 58.5. The summed E-state index contributed by atoms with van der Waals surface area (Å²) in [4.78, 5) is 38.5. The zero-order valence-corrected chi connectivity index (χ0v) is 54.8. The molecule has 0 fully saturated rings. The summed E-state index contributed by atoms with van der Waals surface area (Å²) >= 11 is 0. The molecule has 0 aromatic rings. The van der Waals surface area contributed by atoms with Gasteiger partial charge in [-0.05, 0) is 77.0 Å². The van der Waals surface area contributed by atoms with Crippen LogP contribution in [0.2, 0.25) is 0 Å². The summed E-state index contributed by atoms with van der Waals surface area (Å²) in [5.74, 6) is -0.856. The third-order valence-electron chi connectivity index (χ3n) is 16.6. The van der Waals surface area contributed by atoms with Crippen molar-refractivity contribution in [1.82, 2.24) is 0 Å². The fourth-order valence-corrected chi connectivity index (χ4v) is 11.1. The second kappa shape index (κ2) is 70.1. The van der Waals surface area contributed by atoms with Crippen LogP contribution in [-0.4, -0.2) is 37.2 Å². The van der Waals surface area contributed by atoms with Crippen LogP contribution in [0, 0.1) is 0 Å². The van der Waals surface area contributed by atoms with Crippen LogP contribution in [0.5, 0.6) is 0 Å². The Kier molecular flexibility index (Phi) is 68.1. The minimum atomic E-state index is -0.778. The van der Waals surface area contributed by atoms with Gasteiger partial charge in [-0.1, -0.05) is 346 Å². The molecule has 0 aliphatic heterocycles. The highest BCUT2D eigenvalue weighted by Gasteiger charge is 2.19. The molecule has 0 heterocycles. The van der Waals surface area contributed by atoms with Gasteiger partial charge < -0.3 is 14.2 Å². The molecule has 1 atom stereocenters. The Labute approximate surface area is 506 Å². The van der Waals surface area contributed by atoms with Crippen molar-refractivity contribution in [3.63, 3.8) is 0 Å². The summed E-state index contributed by atoms with van der Waals surface area (Å²) in [6.45, 7) is 6.69. The molecule has 0 aliphatic carbocycles. The quantitative estimate of drug-likeness (QED) is 0.0261. The van der Waals surface area contributed by atoms with E-state index < -0.39 is 6.10 Å². The highest BCUT2D eigenvalue weighted by atomic mass is 16.6. The van der Waals surface area contributed by atoms with Crippen molar-refractivity contribution < 1.29 is 28.6 Å².